The van der Waals surface area contributed by atoms with Crippen LogP contribution in [0.2, 0.25) is 0 Å². The Hall–Kier alpha value is -1.43. The van der Waals surface area contributed by atoms with Gasteiger partial charge in [-0.25, -0.2) is 4.84 Å². The van der Waals surface area contributed by atoms with Gasteiger partial charge in [-0.2, -0.15) is 0 Å². The Morgan fingerprint density at radius 1 is 1.10 bits per heavy atom. The third kappa shape index (κ3) is 2.85. The van der Waals surface area contributed by atoms with Crippen molar-refractivity contribution >= 4 is 24.2 Å². The van der Waals surface area contributed by atoms with Gasteiger partial charge in [0.1, 0.15) is 6.23 Å². The SMILES string of the molecule is CCN(CC)C(C)ON1C(=O)c2ccccc2C1=O.Cl. The minimum absolute atomic E-state index is 0. The molecule has 5 nitrogen and oxygen atoms in total. The largest absolute Gasteiger partial charge is 0.285 e. The summed E-state index contributed by atoms with van der Waals surface area (Å²) in [6.07, 6.45) is -0.322. The van der Waals surface area contributed by atoms with Crippen molar-refractivity contribution in [3.63, 3.8) is 0 Å². The van der Waals surface area contributed by atoms with Gasteiger partial charge in [-0.05, 0) is 32.1 Å². The lowest BCUT2D eigenvalue weighted by Gasteiger charge is -2.28. The predicted octanol–water partition coefficient (Wildman–Crippen LogP) is 2.32. The maximum Gasteiger partial charge on any atom is 0.285 e. The molecule has 1 aromatic rings. The lowest BCUT2D eigenvalue weighted by atomic mass is 10.1. The molecule has 0 N–H and O–H groups in total. The van der Waals surface area contributed by atoms with E-state index in [0.29, 0.717) is 11.1 Å². The number of hydrogen-bond donors (Lipinski definition) is 0. The fourth-order valence-corrected chi connectivity index (χ4v) is 2.22. The standard InChI is InChI=1S/C14H18N2O3.ClH/c1-4-15(5-2)10(3)19-16-13(17)11-8-6-7-9-12(11)14(16)18;/h6-10H,4-5H2,1-3H3;1H. The van der Waals surface area contributed by atoms with Crippen LogP contribution in [0.4, 0.5) is 0 Å². The first-order valence-electron chi connectivity index (χ1n) is 6.48. The highest BCUT2D eigenvalue weighted by Crippen LogP contribution is 2.23. The Morgan fingerprint density at radius 2 is 1.55 bits per heavy atom. The second-order valence-corrected chi connectivity index (χ2v) is 4.38. The first-order valence-corrected chi connectivity index (χ1v) is 6.48. The summed E-state index contributed by atoms with van der Waals surface area (Å²) >= 11 is 0. The number of imide groups is 1. The fraction of sp³-hybridized carbons (Fsp3) is 0.429. The molecule has 1 atom stereocenters. The molecule has 0 saturated carbocycles. The molecular formula is C14H19ClN2O3. The summed E-state index contributed by atoms with van der Waals surface area (Å²) in [6, 6.07) is 6.75. The minimum atomic E-state index is -0.389. The number of carbonyl (C=O) groups excluding carboxylic acids is 2. The van der Waals surface area contributed by atoms with Crippen LogP contribution in [0.5, 0.6) is 0 Å². The van der Waals surface area contributed by atoms with E-state index in [9.17, 15) is 9.59 Å². The van der Waals surface area contributed by atoms with Crippen LogP contribution in [0, 0.1) is 0 Å². The Labute approximate surface area is 124 Å². The molecular weight excluding hydrogens is 280 g/mol. The number of fused-ring (bicyclic) bond motifs is 1. The molecule has 0 radical (unpaired) electrons. The molecule has 20 heavy (non-hydrogen) atoms. The van der Waals surface area contributed by atoms with Gasteiger partial charge in [-0.1, -0.05) is 26.0 Å². The van der Waals surface area contributed by atoms with Crippen LogP contribution in [0.3, 0.4) is 0 Å². The average Bonchev–Trinajstić information content (AvgIpc) is 2.66. The number of rotatable bonds is 5. The van der Waals surface area contributed by atoms with Crippen molar-refractivity contribution in [2.24, 2.45) is 0 Å². The van der Waals surface area contributed by atoms with Crippen LogP contribution in [0.25, 0.3) is 0 Å². The van der Waals surface area contributed by atoms with Crippen LogP contribution in [-0.2, 0) is 4.84 Å². The van der Waals surface area contributed by atoms with Crippen molar-refractivity contribution in [2.45, 2.75) is 27.0 Å². The molecule has 1 unspecified atom stereocenters. The van der Waals surface area contributed by atoms with Crippen molar-refractivity contribution in [2.75, 3.05) is 13.1 Å². The lowest BCUT2D eigenvalue weighted by Crippen LogP contribution is -2.42. The maximum atomic E-state index is 12.1. The summed E-state index contributed by atoms with van der Waals surface area (Å²) in [5, 5.41) is 0.869. The van der Waals surface area contributed by atoms with Crippen LogP contribution in [0.15, 0.2) is 24.3 Å². The molecule has 0 spiro atoms. The summed E-state index contributed by atoms with van der Waals surface area (Å²) in [7, 11) is 0. The molecule has 2 rings (SSSR count). The van der Waals surface area contributed by atoms with Crippen molar-refractivity contribution in [1.29, 1.82) is 0 Å². The highest BCUT2D eigenvalue weighted by atomic mass is 35.5. The number of nitrogens with zero attached hydrogens (tertiary/aromatic N) is 2. The van der Waals surface area contributed by atoms with Crippen molar-refractivity contribution in [3.05, 3.63) is 35.4 Å². The van der Waals surface area contributed by atoms with Gasteiger partial charge in [0.15, 0.2) is 0 Å². The van der Waals surface area contributed by atoms with Gasteiger partial charge in [0.25, 0.3) is 11.8 Å². The highest BCUT2D eigenvalue weighted by Gasteiger charge is 2.37. The summed E-state index contributed by atoms with van der Waals surface area (Å²) in [4.78, 5) is 31.7. The second kappa shape index (κ2) is 6.83. The number of amides is 2. The number of carbonyl (C=O) groups is 2. The molecule has 1 heterocycles. The fourth-order valence-electron chi connectivity index (χ4n) is 2.22. The summed E-state index contributed by atoms with van der Waals surface area (Å²) in [5.41, 5.74) is 0.804. The van der Waals surface area contributed by atoms with E-state index in [-0.39, 0.29) is 30.4 Å². The molecule has 2 amide bonds. The van der Waals surface area contributed by atoms with Crippen LogP contribution >= 0.6 is 12.4 Å². The van der Waals surface area contributed by atoms with E-state index in [4.69, 9.17) is 4.84 Å². The van der Waals surface area contributed by atoms with Gasteiger partial charge in [-0.3, -0.25) is 14.5 Å². The van der Waals surface area contributed by atoms with Gasteiger partial charge >= 0.3 is 0 Å². The summed E-state index contributed by atoms with van der Waals surface area (Å²) in [6.45, 7) is 7.43. The zero-order valence-electron chi connectivity index (χ0n) is 11.8. The van der Waals surface area contributed by atoms with E-state index in [2.05, 4.69) is 0 Å². The molecule has 0 aliphatic carbocycles. The third-order valence-corrected chi connectivity index (χ3v) is 3.34. The Kier molecular flexibility index (Phi) is 5.68. The van der Waals surface area contributed by atoms with Crippen molar-refractivity contribution < 1.29 is 14.4 Å². The molecule has 6 heteroatoms. The number of hydrogen-bond acceptors (Lipinski definition) is 4. The van der Waals surface area contributed by atoms with E-state index in [1.54, 1.807) is 24.3 Å². The number of benzene rings is 1. The molecule has 1 aliphatic heterocycles. The maximum absolute atomic E-state index is 12.1. The minimum Gasteiger partial charge on any atom is -0.277 e. The number of halogens is 1. The van der Waals surface area contributed by atoms with Crippen LogP contribution < -0.4 is 0 Å². The van der Waals surface area contributed by atoms with E-state index < -0.39 is 0 Å². The molecule has 0 saturated heterocycles. The van der Waals surface area contributed by atoms with E-state index in [0.717, 1.165) is 18.2 Å². The Bertz CT molecular complexity index is 468. The molecule has 0 aromatic heterocycles. The zero-order valence-corrected chi connectivity index (χ0v) is 12.6. The summed E-state index contributed by atoms with van der Waals surface area (Å²) in [5.74, 6) is -0.779. The van der Waals surface area contributed by atoms with Gasteiger partial charge in [0.05, 0.1) is 11.1 Å². The highest BCUT2D eigenvalue weighted by molar-refractivity contribution is 6.20. The Morgan fingerprint density at radius 3 is 1.95 bits per heavy atom. The molecule has 0 fully saturated rings. The topological polar surface area (TPSA) is 49.9 Å². The van der Waals surface area contributed by atoms with Gasteiger partial charge < -0.3 is 0 Å². The quantitative estimate of drug-likeness (QED) is 0.618. The van der Waals surface area contributed by atoms with Gasteiger partial charge in [0.2, 0.25) is 0 Å². The zero-order chi connectivity index (χ0) is 14.0. The predicted molar refractivity (Wildman–Crippen MR) is 77.7 cm³/mol. The molecule has 1 aromatic carbocycles. The van der Waals surface area contributed by atoms with Crippen LogP contribution in [-0.4, -0.2) is 41.1 Å². The van der Waals surface area contributed by atoms with Crippen LogP contribution in [0.1, 0.15) is 41.5 Å². The third-order valence-electron chi connectivity index (χ3n) is 3.34. The normalized spacial score (nSPS) is 15.3. The first-order chi connectivity index (χ1) is 9.10. The smallest absolute Gasteiger partial charge is 0.277 e. The van der Waals surface area contributed by atoms with E-state index >= 15 is 0 Å². The molecule has 0 bridgehead atoms. The monoisotopic (exact) mass is 298 g/mol. The average molecular weight is 299 g/mol. The van der Waals surface area contributed by atoms with E-state index in [1.165, 1.54) is 0 Å². The van der Waals surface area contributed by atoms with Crippen molar-refractivity contribution in [3.8, 4) is 0 Å². The second-order valence-electron chi connectivity index (χ2n) is 4.38. The van der Waals surface area contributed by atoms with Gasteiger partial charge in [0, 0.05) is 0 Å². The van der Waals surface area contributed by atoms with Crippen molar-refractivity contribution in [1.82, 2.24) is 9.96 Å². The van der Waals surface area contributed by atoms with E-state index in [1.807, 2.05) is 25.7 Å². The molecule has 110 valence electrons. The lowest BCUT2D eigenvalue weighted by molar-refractivity contribution is -0.174. The molecule has 1 aliphatic rings. The first kappa shape index (κ1) is 16.6. The summed E-state index contributed by atoms with van der Waals surface area (Å²) < 4.78 is 0. The number of hydroxylamine groups is 2. The van der Waals surface area contributed by atoms with Gasteiger partial charge in [-0.15, -0.1) is 17.5 Å². The Balaban J connectivity index is 0.00000200.